The molecule has 2 fully saturated rings. The van der Waals surface area contributed by atoms with Crippen LogP contribution in [-0.2, 0) is 0 Å². The SMILES string of the molecule is O=c1cc(C2CCCC2)[nH]c(=O)n1C1CC1. The van der Waals surface area contributed by atoms with Crippen LogP contribution in [0.1, 0.15) is 56.2 Å². The van der Waals surface area contributed by atoms with Crippen LogP contribution in [0.25, 0.3) is 0 Å². The van der Waals surface area contributed by atoms with Crippen molar-refractivity contribution < 1.29 is 0 Å². The minimum atomic E-state index is -0.211. The van der Waals surface area contributed by atoms with Crippen LogP contribution >= 0.6 is 0 Å². The third-order valence-corrected chi connectivity index (χ3v) is 3.69. The van der Waals surface area contributed by atoms with Gasteiger partial charge in [-0.25, -0.2) is 4.79 Å². The molecule has 0 saturated heterocycles. The van der Waals surface area contributed by atoms with Gasteiger partial charge in [0.15, 0.2) is 0 Å². The number of H-pyrrole nitrogens is 1. The second-order valence-corrected chi connectivity index (χ2v) is 4.95. The maximum Gasteiger partial charge on any atom is 0.328 e. The predicted octanol–water partition coefficient (Wildman–Crippen LogP) is 1.53. The van der Waals surface area contributed by atoms with Crippen molar-refractivity contribution >= 4 is 0 Å². The Morgan fingerprint density at radius 1 is 1.12 bits per heavy atom. The highest BCUT2D eigenvalue weighted by Crippen LogP contribution is 2.33. The van der Waals surface area contributed by atoms with Crippen molar-refractivity contribution in [3.8, 4) is 0 Å². The quantitative estimate of drug-likeness (QED) is 0.821. The second-order valence-electron chi connectivity index (χ2n) is 4.95. The Morgan fingerprint density at radius 2 is 1.81 bits per heavy atom. The summed E-state index contributed by atoms with van der Waals surface area (Å²) in [4.78, 5) is 26.5. The molecule has 2 saturated carbocycles. The monoisotopic (exact) mass is 220 g/mol. The maximum atomic E-state index is 11.8. The van der Waals surface area contributed by atoms with Crippen LogP contribution in [0.3, 0.4) is 0 Å². The molecule has 1 N–H and O–H groups in total. The lowest BCUT2D eigenvalue weighted by atomic mass is 10.0. The summed E-state index contributed by atoms with van der Waals surface area (Å²) < 4.78 is 1.37. The zero-order chi connectivity index (χ0) is 11.1. The Bertz CT molecular complexity index is 473. The number of rotatable bonds is 2. The largest absolute Gasteiger partial charge is 0.328 e. The molecule has 0 aromatic carbocycles. The highest BCUT2D eigenvalue weighted by Gasteiger charge is 2.27. The van der Waals surface area contributed by atoms with E-state index in [1.54, 1.807) is 6.07 Å². The zero-order valence-corrected chi connectivity index (χ0v) is 9.24. The fraction of sp³-hybridized carbons (Fsp3) is 0.667. The average Bonchev–Trinajstić information content (AvgIpc) is 2.92. The van der Waals surface area contributed by atoms with Crippen LogP contribution in [0, 0.1) is 0 Å². The summed E-state index contributed by atoms with van der Waals surface area (Å²) in [7, 11) is 0. The lowest BCUT2D eigenvalue weighted by Gasteiger charge is -2.10. The highest BCUT2D eigenvalue weighted by atomic mass is 16.2. The summed E-state index contributed by atoms with van der Waals surface area (Å²) in [6, 6.07) is 1.80. The smallest absolute Gasteiger partial charge is 0.311 e. The third kappa shape index (κ3) is 1.62. The predicted molar refractivity (Wildman–Crippen MR) is 60.8 cm³/mol. The molecule has 1 aromatic rings. The van der Waals surface area contributed by atoms with E-state index in [4.69, 9.17) is 0 Å². The van der Waals surface area contributed by atoms with Crippen LogP contribution in [0.15, 0.2) is 15.7 Å². The summed E-state index contributed by atoms with van der Waals surface area (Å²) >= 11 is 0. The third-order valence-electron chi connectivity index (χ3n) is 3.69. The lowest BCUT2D eigenvalue weighted by Crippen LogP contribution is -2.35. The number of aromatic amines is 1. The van der Waals surface area contributed by atoms with Gasteiger partial charge in [0.25, 0.3) is 5.56 Å². The van der Waals surface area contributed by atoms with Crippen molar-refractivity contribution in [3.05, 3.63) is 32.6 Å². The molecule has 0 aliphatic heterocycles. The Kier molecular flexibility index (Phi) is 2.23. The Hall–Kier alpha value is -1.32. The summed E-state index contributed by atoms with van der Waals surface area (Å²) in [6.07, 6.45) is 6.54. The lowest BCUT2D eigenvalue weighted by molar-refractivity contribution is 0.618. The van der Waals surface area contributed by atoms with Gasteiger partial charge in [0.2, 0.25) is 0 Å². The van der Waals surface area contributed by atoms with Gasteiger partial charge < -0.3 is 4.98 Å². The molecule has 0 unspecified atom stereocenters. The first-order chi connectivity index (χ1) is 7.75. The molecule has 3 rings (SSSR count). The van der Waals surface area contributed by atoms with Gasteiger partial charge >= 0.3 is 5.69 Å². The van der Waals surface area contributed by atoms with Crippen LogP contribution in [-0.4, -0.2) is 9.55 Å². The average molecular weight is 220 g/mol. The normalized spacial score (nSPS) is 21.5. The fourth-order valence-electron chi connectivity index (χ4n) is 2.66. The van der Waals surface area contributed by atoms with E-state index in [9.17, 15) is 9.59 Å². The molecule has 4 heteroatoms. The molecule has 2 aliphatic rings. The van der Waals surface area contributed by atoms with Gasteiger partial charge in [0.05, 0.1) is 0 Å². The van der Waals surface area contributed by atoms with Crippen molar-refractivity contribution in [2.24, 2.45) is 0 Å². The molecule has 0 radical (unpaired) electrons. The van der Waals surface area contributed by atoms with Crippen molar-refractivity contribution in [1.82, 2.24) is 9.55 Å². The standard InChI is InChI=1S/C12H16N2O2/c15-11-7-10(8-3-1-2-4-8)13-12(16)14(11)9-5-6-9/h7-9H,1-6H2,(H,13,16). The van der Waals surface area contributed by atoms with Gasteiger partial charge in [0.1, 0.15) is 0 Å². The summed E-state index contributed by atoms with van der Waals surface area (Å²) in [5, 5.41) is 0. The van der Waals surface area contributed by atoms with Crippen molar-refractivity contribution in [2.75, 3.05) is 0 Å². The summed E-state index contributed by atoms with van der Waals surface area (Å²) in [5.74, 6) is 0.397. The zero-order valence-electron chi connectivity index (χ0n) is 9.24. The van der Waals surface area contributed by atoms with E-state index in [2.05, 4.69) is 4.98 Å². The molecule has 1 heterocycles. The van der Waals surface area contributed by atoms with Gasteiger partial charge in [-0.3, -0.25) is 9.36 Å². The van der Waals surface area contributed by atoms with Crippen molar-refractivity contribution in [2.45, 2.75) is 50.5 Å². The minimum Gasteiger partial charge on any atom is -0.311 e. The molecular formula is C12H16N2O2. The number of aromatic nitrogens is 2. The number of nitrogens with one attached hydrogen (secondary N) is 1. The minimum absolute atomic E-state index is 0.117. The van der Waals surface area contributed by atoms with Crippen LogP contribution in [0.2, 0.25) is 0 Å². The molecular weight excluding hydrogens is 204 g/mol. The van der Waals surface area contributed by atoms with Gasteiger partial charge in [-0.15, -0.1) is 0 Å². The Labute approximate surface area is 93.3 Å². The second kappa shape index (κ2) is 3.61. The first-order valence-electron chi connectivity index (χ1n) is 6.11. The van der Waals surface area contributed by atoms with E-state index in [1.807, 2.05) is 0 Å². The first kappa shape index (κ1) is 9.87. The summed E-state index contributed by atoms with van der Waals surface area (Å²) in [6.45, 7) is 0. The van der Waals surface area contributed by atoms with Gasteiger partial charge in [0, 0.05) is 17.8 Å². The van der Waals surface area contributed by atoms with E-state index >= 15 is 0 Å². The topological polar surface area (TPSA) is 54.9 Å². The fourth-order valence-corrected chi connectivity index (χ4v) is 2.66. The van der Waals surface area contributed by atoms with Crippen LogP contribution in [0.4, 0.5) is 0 Å². The van der Waals surface area contributed by atoms with Gasteiger partial charge in [-0.2, -0.15) is 0 Å². The first-order valence-corrected chi connectivity index (χ1v) is 6.11. The Balaban J connectivity index is 2.02. The van der Waals surface area contributed by atoms with Crippen LogP contribution in [0.5, 0.6) is 0 Å². The Morgan fingerprint density at radius 3 is 2.38 bits per heavy atom. The molecule has 2 aliphatic carbocycles. The molecule has 0 amide bonds. The van der Waals surface area contributed by atoms with Crippen molar-refractivity contribution in [3.63, 3.8) is 0 Å². The van der Waals surface area contributed by atoms with Gasteiger partial charge in [-0.1, -0.05) is 12.8 Å². The van der Waals surface area contributed by atoms with E-state index < -0.39 is 0 Å². The summed E-state index contributed by atoms with van der Waals surface area (Å²) in [5.41, 5.74) is 0.523. The maximum absolute atomic E-state index is 11.8. The molecule has 0 bridgehead atoms. The van der Waals surface area contributed by atoms with E-state index in [1.165, 1.54) is 17.4 Å². The molecule has 86 valence electrons. The van der Waals surface area contributed by atoms with Crippen molar-refractivity contribution in [1.29, 1.82) is 0 Å². The number of nitrogens with zero attached hydrogens (tertiary/aromatic N) is 1. The van der Waals surface area contributed by atoms with Gasteiger partial charge in [-0.05, 0) is 31.6 Å². The highest BCUT2D eigenvalue weighted by molar-refractivity contribution is 5.09. The van der Waals surface area contributed by atoms with E-state index in [-0.39, 0.29) is 17.3 Å². The van der Waals surface area contributed by atoms with E-state index in [0.29, 0.717) is 5.92 Å². The van der Waals surface area contributed by atoms with E-state index in [0.717, 1.165) is 31.4 Å². The number of hydrogen-bond acceptors (Lipinski definition) is 2. The number of hydrogen-bond donors (Lipinski definition) is 1. The van der Waals surface area contributed by atoms with Crippen LogP contribution < -0.4 is 11.2 Å². The molecule has 0 spiro atoms. The molecule has 4 nitrogen and oxygen atoms in total. The molecule has 16 heavy (non-hydrogen) atoms. The molecule has 1 aromatic heterocycles. The molecule has 0 atom stereocenters.